The monoisotopic (exact) mass is 481 g/mol. The van der Waals surface area contributed by atoms with E-state index in [-0.39, 0.29) is 29.9 Å². The van der Waals surface area contributed by atoms with Gasteiger partial charge in [-0.25, -0.2) is 0 Å². The second kappa shape index (κ2) is 15.4. The van der Waals surface area contributed by atoms with Crippen molar-refractivity contribution in [2.45, 2.75) is 45.4 Å². The smallest absolute Gasteiger partial charge is 0.305 e. The fourth-order valence-corrected chi connectivity index (χ4v) is 3.26. The first-order chi connectivity index (χ1) is 11.7. The molecular formula is C18H32IN3O2S. The summed E-state index contributed by atoms with van der Waals surface area (Å²) in [7, 11) is 3.24. The van der Waals surface area contributed by atoms with Crippen LogP contribution in [0.25, 0.3) is 0 Å². The normalized spacial score (nSPS) is 12.2. The number of nitrogens with zero attached hydrogens (tertiary/aromatic N) is 1. The minimum atomic E-state index is -0.116. The van der Waals surface area contributed by atoms with Gasteiger partial charge in [0.25, 0.3) is 0 Å². The molecule has 5 nitrogen and oxygen atoms in total. The van der Waals surface area contributed by atoms with Crippen molar-refractivity contribution in [2.75, 3.05) is 27.2 Å². The SMILES string of the molecule is CN=C(NCCCCCCC(=O)OC)NCC(C)Cc1cccs1.I. The summed E-state index contributed by atoms with van der Waals surface area (Å²) in [5.74, 6) is 1.32. The molecule has 0 aliphatic heterocycles. The van der Waals surface area contributed by atoms with E-state index in [4.69, 9.17) is 0 Å². The number of guanidine groups is 1. The van der Waals surface area contributed by atoms with Crippen molar-refractivity contribution < 1.29 is 9.53 Å². The molecule has 1 aromatic heterocycles. The van der Waals surface area contributed by atoms with Gasteiger partial charge in [-0.2, -0.15) is 0 Å². The fourth-order valence-electron chi connectivity index (χ4n) is 2.39. The number of hydrogen-bond acceptors (Lipinski definition) is 4. The maximum absolute atomic E-state index is 11.0. The summed E-state index contributed by atoms with van der Waals surface area (Å²) < 4.78 is 4.63. The third kappa shape index (κ3) is 12.2. The molecule has 0 saturated heterocycles. The lowest BCUT2D eigenvalue weighted by atomic mass is 10.1. The van der Waals surface area contributed by atoms with Gasteiger partial charge in [0.15, 0.2) is 5.96 Å². The van der Waals surface area contributed by atoms with Crippen molar-refractivity contribution >= 4 is 47.2 Å². The van der Waals surface area contributed by atoms with E-state index < -0.39 is 0 Å². The molecule has 1 atom stereocenters. The number of methoxy groups -OCH3 is 1. The van der Waals surface area contributed by atoms with Gasteiger partial charge in [-0.1, -0.05) is 25.8 Å². The second-order valence-electron chi connectivity index (χ2n) is 6.01. The quantitative estimate of drug-likeness (QED) is 0.166. The Morgan fingerprint density at radius 1 is 1.28 bits per heavy atom. The van der Waals surface area contributed by atoms with Crippen molar-refractivity contribution in [1.29, 1.82) is 0 Å². The molecule has 0 saturated carbocycles. The molecule has 0 amide bonds. The average Bonchev–Trinajstić information content (AvgIpc) is 3.09. The summed E-state index contributed by atoms with van der Waals surface area (Å²) in [5, 5.41) is 8.86. The van der Waals surface area contributed by atoms with E-state index in [9.17, 15) is 4.79 Å². The maximum atomic E-state index is 11.0. The van der Waals surface area contributed by atoms with Gasteiger partial charge in [0.2, 0.25) is 0 Å². The number of rotatable bonds is 11. The molecule has 1 heterocycles. The topological polar surface area (TPSA) is 62.7 Å². The Kier molecular flexibility index (Phi) is 14.9. The number of hydrogen-bond donors (Lipinski definition) is 2. The van der Waals surface area contributed by atoms with Crippen LogP contribution in [-0.4, -0.2) is 39.2 Å². The van der Waals surface area contributed by atoms with Crippen LogP contribution in [0.15, 0.2) is 22.5 Å². The summed E-state index contributed by atoms with van der Waals surface area (Å²) in [5.41, 5.74) is 0. The highest BCUT2D eigenvalue weighted by molar-refractivity contribution is 14.0. The molecule has 1 rings (SSSR count). The third-order valence-corrected chi connectivity index (χ3v) is 4.70. The lowest BCUT2D eigenvalue weighted by molar-refractivity contribution is -0.140. The number of thiophene rings is 1. The van der Waals surface area contributed by atoms with Crippen LogP contribution in [-0.2, 0) is 16.0 Å². The summed E-state index contributed by atoms with van der Waals surface area (Å²) in [6, 6.07) is 4.29. The zero-order valence-corrected chi connectivity index (χ0v) is 18.7. The first kappa shape index (κ1) is 24.2. The predicted molar refractivity (Wildman–Crippen MR) is 117 cm³/mol. The van der Waals surface area contributed by atoms with Gasteiger partial charge in [-0.15, -0.1) is 35.3 Å². The Balaban J connectivity index is 0.00000576. The number of halogens is 1. The van der Waals surface area contributed by atoms with Crippen LogP contribution in [0.4, 0.5) is 0 Å². The predicted octanol–water partition coefficient (Wildman–Crippen LogP) is 3.83. The minimum Gasteiger partial charge on any atom is -0.469 e. The highest BCUT2D eigenvalue weighted by atomic mass is 127. The molecule has 0 spiro atoms. The van der Waals surface area contributed by atoms with Crippen molar-refractivity contribution in [3.63, 3.8) is 0 Å². The zero-order valence-electron chi connectivity index (χ0n) is 15.5. The zero-order chi connectivity index (χ0) is 17.6. The van der Waals surface area contributed by atoms with Gasteiger partial charge in [0.05, 0.1) is 7.11 Å². The Morgan fingerprint density at radius 2 is 2.04 bits per heavy atom. The molecule has 0 aromatic carbocycles. The van der Waals surface area contributed by atoms with Crippen molar-refractivity contribution in [3.05, 3.63) is 22.4 Å². The van der Waals surface area contributed by atoms with E-state index in [2.05, 4.69) is 44.8 Å². The molecule has 25 heavy (non-hydrogen) atoms. The van der Waals surface area contributed by atoms with Gasteiger partial charge in [0.1, 0.15) is 0 Å². The second-order valence-corrected chi connectivity index (χ2v) is 7.04. The first-order valence-corrected chi connectivity index (χ1v) is 9.57. The van der Waals surface area contributed by atoms with Crippen LogP contribution in [0.2, 0.25) is 0 Å². The van der Waals surface area contributed by atoms with Gasteiger partial charge >= 0.3 is 5.97 Å². The highest BCUT2D eigenvalue weighted by Gasteiger charge is 2.06. The number of unbranched alkanes of at least 4 members (excludes halogenated alkanes) is 3. The van der Waals surface area contributed by atoms with Crippen LogP contribution in [0.5, 0.6) is 0 Å². The number of aliphatic imine (C=N–C) groups is 1. The van der Waals surface area contributed by atoms with Gasteiger partial charge in [-0.3, -0.25) is 9.79 Å². The van der Waals surface area contributed by atoms with Crippen LogP contribution in [0.3, 0.4) is 0 Å². The summed E-state index contributed by atoms with van der Waals surface area (Å²) in [4.78, 5) is 16.7. The summed E-state index contributed by atoms with van der Waals surface area (Å²) in [6.07, 6.45) is 5.76. The van der Waals surface area contributed by atoms with Gasteiger partial charge in [0, 0.05) is 31.4 Å². The van der Waals surface area contributed by atoms with Crippen LogP contribution >= 0.6 is 35.3 Å². The highest BCUT2D eigenvalue weighted by Crippen LogP contribution is 2.13. The van der Waals surface area contributed by atoms with E-state index in [0.29, 0.717) is 12.3 Å². The molecule has 2 N–H and O–H groups in total. The van der Waals surface area contributed by atoms with E-state index >= 15 is 0 Å². The third-order valence-electron chi connectivity index (χ3n) is 3.80. The Labute approximate surface area is 173 Å². The Morgan fingerprint density at radius 3 is 2.68 bits per heavy atom. The number of nitrogens with one attached hydrogen (secondary N) is 2. The van der Waals surface area contributed by atoms with E-state index in [0.717, 1.165) is 51.2 Å². The molecular weight excluding hydrogens is 449 g/mol. The van der Waals surface area contributed by atoms with Crippen LogP contribution in [0, 0.1) is 5.92 Å². The molecule has 0 radical (unpaired) electrons. The first-order valence-electron chi connectivity index (χ1n) is 8.69. The van der Waals surface area contributed by atoms with Gasteiger partial charge in [-0.05, 0) is 36.6 Å². The minimum absolute atomic E-state index is 0. The lowest BCUT2D eigenvalue weighted by Crippen LogP contribution is -2.40. The van der Waals surface area contributed by atoms with Crippen LogP contribution in [0.1, 0.15) is 43.9 Å². The lowest BCUT2D eigenvalue weighted by Gasteiger charge is -2.15. The van der Waals surface area contributed by atoms with E-state index in [1.807, 2.05) is 11.3 Å². The fraction of sp³-hybridized carbons (Fsp3) is 0.667. The Hall–Kier alpha value is -0.830. The summed E-state index contributed by atoms with van der Waals surface area (Å²) in [6.45, 7) is 4.06. The number of ether oxygens (including phenoxy) is 1. The molecule has 0 aliphatic rings. The Bertz CT molecular complexity index is 481. The van der Waals surface area contributed by atoms with Crippen LogP contribution < -0.4 is 10.6 Å². The maximum Gasteiger partial charge on any atom is 0.305 e. The molecule has 0 fully saturated rings. The number of carbonyl (C=O) groups is 1. The van der Waals surface area contributed by atoms with Crippen molar-refractivity contribution in [3.8, 4) is 0 Å². The molecule has 1 aromatic rings. The standard InChI is InChI=1S/C18H31N3O2S.HI/c1-15(13-16-9-8-12-24-16)14-21-18(19-2)20-11-7-5-4-6-10-17(22)23-3;/h8-9,12,15H,4-7,10-11,13-14H2,1-3H3,(H2,19,20,21);1H. The average molecular weight is 481 g/mol. The van der Waals surface area contributed by atoms with Crippen molar-refractivity contribution in [2.24, 2.45) is 10.9 Å². The molecule has 1 unspecified atom stereocenters. The molecule has 7 heteroatoms. The number of esters is 1. The summed E-state index contributed by atoms with van der Waals surface area (Å²) >= 11 is 1.82. The van der Waals surface area contributed by atoms with E-state index in [1.165, 1.54) is 12.0 Å². The number of carbonyl (C=O) groups excluding carboxylic acids is 1. The van der Waals surface area contributed by atoms with Gasteiger partial charge < -0.3 is 15.4 Å². The van der Waals surface area contributed by atoms with Crippen molar-refractivity contribution in [1.82, 2.24) is 10.6 Å². The molecule has 0 aliphatic carbocycles. The van der Waals surface area contributed by atoms with E-state index in [1.54, 1.807) is 7.05 Å². The molecule has 0 bridgehead atoms. The largest absolute Gasteiger partial charge is 0.469 e. The molecule has 144 valence electrons.